The van der Waals surface area contributed by atoms with E-state index in [0.717, 1.165) is 0 Å². The first kappa shape index (κ1) is 14.0. The molecule has 1 aliphatic heterocycles. The van der Waals surface area contributed by atoms with Gasteiger partial charge in [-0.2, -0.15) is 0 Å². The molecule has 1 atom stereocenters. The molecular weight excluding hydrogens is 196 g/mol. The Balaban J connectivity index is 2.92. The predicted octanol–water partition coefficient (Wildman–Crippen LogP) is 2.89. The zero-order valence-electron chi connectivity index (χ0n) is 11.8. The summed E-state index contributed by atoms with van der Waals surface area (Å²) in [6.07, 6.45) is 5.28. The van der Waals surface area contributed by atoms with E-state index in [1.807, 2.05) is 0 Å². The molecule has 0 aromatic carbocycles. The highest BCUT2D eigenvalue weighted by atomic mass is 15.2. The van der Waals surface area contributed by atoms with Gasteiger partial charge in [0.25, 0.3) is 0 Å². The van der Waals surface area contributed by atoms with Crippen molar-refractivity contribution in [3.8, 4) is 0 Å². The zero-order valence-corrected chi connectivity index (χ0v) is 11.8. The number of nitrogens with zero attached hydrogens (tertiary/aromatic N) is 1. The fourth-order valence-corrected chi connectivity index (χ4v) is 3.72. The van der Waals surface area contributed by atoms with Crippen molar-refractivity contribution in [1.29, 1.82) is 0 Å². The van der Waals surface area contributed by atoms with E-state index in [0.29, 0.717) is 17.5 Å². The van der Waals surface area contributed by atoms with Gasteiger partial charge in [0.1, 0.15) is 0 Å². The molecule has 1 unspecified atom stereocenters. The molecule has 2 nitrogen and oxygen atoms in total. The van der Waals surface area contributed by atoms with E-state index in [-0.39, 0.29) is 0 Å². The Morgan fingerprint density at radius 2 is 1.62 bits per heavy atom. The summed E-state index contributed by atoms with van der Waals surface area (Å²) in [7, 11) is 2.13. The van der Waals surface area contributed by atoms with Gasteiger partial charge in [-0.15, -0.1) is 0 Å². The van der Waals surface area contributed by atoms with E-state index in [9.17, 15) is 0 Å². The second kappa shape index (κ2) is 6.02. The van der Waals surface area contributed by atoms with Gasteiger partial charge in [-0.05, 0) is 51.7 Å². The van der Waals surface area contributed by atoms with Crippen molar-refractivity contribution < 1.29 is 0 Å². The summed E-state index contributed by atoms with van der Waals surface area (Å²) in [6, 6.07) is 0.612. The predicted molar refractivity (Wildman–Crippen MR) is 71.8 cm³/mol. The molecule has 1 N–H and O–H groups in total. The van der Waals surface area contributed by atoms with E-state index in [4.69, 9.17) is 0 Å². The Kier molecular flexibility index (Phi) is 5.26. The average Bonchev–Trinajstić information content (AvgIpc) is 2.79. The zero-order chi connectivity index (χ0) is 12.2. The molecule has 16 heavy (non-hydrogen) atoms. The molecule has 0 aromatic rings. The first-order valence-corrected chi connectivity index (χ1v) is 7.04. The van der Waals surface area contributed by atoms with Gasteiger partial charge in [0, 0.05) is 11.6 Å². The summed E-state index contributed by atoms with van der Waals surface area (Å²) in [4.78, 5) is 2.74. The second-order valence-electron chi connectivity index (χ2n) is 5.52. The third kappa shape index (κ3) is 2.43. The standard InChI is InChI=1S/C14H30N2/c1-6-14(7-2,13(15-5)12(3)4)16-10-8-9-11-16/h12-13,15H,6-11H2,1-5H3. The van der Waals surface area contributed by atoms with Crippen molar-refractivity contribution in [2.24, 2.45) is 5.92 Å². The van der Waals surface area contributed by atoms with E-state index in [2.05, 4.69) is 45.0 Å². The van der Waals surface area contributed by atoms with Gasteiger partial charge in [-0.3, -0.25) is 4.90 Å². The van der Waals surface area contributed by atoms with E-state index in [1.54, 1.807) is 0 Å². The molecule has 0 spiro atoms. The SMILES string of the molecule is CCC(CC)(C(NC)C(C)C)N1CCCC1. The van der Waals surface area contributed by atoms with E-state index in [1.165, 1.54) is 38.8 Å². The first-order valence-electron chi connectivity index (χ1n) is 7.04. The van der Waals surface area contributed by atoms with E-state index >= 15 is 0 Å². The lowest BCUT2D eigenvalue weighted by Crippen LogP contribution is -2.61. The molecule has 1 fully saturated rings. The highest BCUT2D eigenvalue weighted by molar-refractivity contribution is 5.01. The second-order valence-corrected chi connectivity index (χ2v) is 5.52. The van der Waals surface area contributed by atoms with Crippen molar-refractivity contribution >= 4 is 0 Å². The minimum atomic E-state index is 0.374. The topological polar surface area (TPSA) is 15.3 Å². The molecule has 1 saturated heterocycles. The molecular formula is C14H30N2. The average molecular weight is 226 g/mol. The number of hydrogen-bond donors (Lipinski definition) is 1. The van der Waals surface area contributed by atoms with Gasteiger partial charge in [-0.1, -0.05) is 27.7 Å². The van der Waals surface area contributed by atoms with Gasteiger partial charge in [0.2, 0.25) is 0 Å². The summed E-state index contributed by atoms with van der Waals surface area (Å²) >= 11 is 0. The fraction of sp³-hybridized carbons (Fsp3) is 1.00. The lowest BCUT2D eigenvalue weighted by molar-refractivity contribution is 0.0470. The normalized spacial score (nSPS) is 20.6. The maximum absolute atomic E-state index is 3.58. The summed E-state index contributed by atoms with van der Waals surface area (Å²) in [5.74, 6) is 0.700. The molecule has 2 heteroatoms. The number of likely N-dealkylation sites (N-methyl/N-ethyl adjacent to an activating group) is 1. The Labute approximate surface area is 102 Å². The van der Waals surface area contributed by atoms with Crippen LogP contribution < -0.4 is 5.32 Å². The van der Waals surface area contributed by atoms with Crippen LogP contribution in [0.5, 0.6) is 0 Å². The van der Waals surface area contributed by atoms with Gasteiger partial charge < -0.3 is 5.32 Å². The summed E-state index contributed by atoms with van der Waals surface area (Å²) in [6.45, 7) is 12.0. The largest absolute Gasteiger partial charge is 0.315 e. The van der Waals surface area contributed by atoms with Gasteiger partial charge in [-0.25, -0.2) is 0 Å². The van der Waals surface area contributed by atoms with Gasteiger partial charge in [0.05, 0.1) is 0 Å². The minimum Gasteiger partial charge on any atom is -0.315 e. The van der Waals surface area contributed by atoms with Gasteiger partial charge >= 0.3 is 0 Å². The summed E-state index contributed by atoms with van der Waals surface area (Å²) < 4.78 is 0. The fourth-order valence-electron chi connectivity index (χ4n) is 3.72. The van der Waals surface area contributed by atoms with Crippen molar-refractivity contribution in [1.82, 2.24) is 10.2 Å². The molecule has 0 bridgehead atoms. The maximum Gasteiger partial charge on any atom is 0.0359 e. The molecule has 0 aromatic heterocycles. The monoisotopic (exact) mass is 226 g/mol. The summed E-state index contributed by atoms with van der Waals surface area (Å²) in [5, 5.41) is 3.58. The van der Waals surface area contributed by atoms with Crippen LogP contribution in [0.1, 0.15) is 53.4 Å². The van der Waals surface area contributed by atoms with Crippen LogP contribution in [-0.2, 0) is 0 Å². The molecule has 1 rings (SSSR count). The third-order valence-corrected chi connectivity index (χ3v) is 4.52. The quantitative estimate of drug-likeness (QED) is 0.749. The molecule has 96 valence electrons. The lowest BCUT2D eigenvalue weighted by atomic mass is 9.77. The Morgan fingerprint density at radius 1 is 1.12 bits per heavy atom. The Hall–Kier alpha value is -0.0800. The van der Waals surface area contributed by atoms with Gasteiger partial charge in [0.15, 0.2) is 0 Å². The molecule has 1 aliphatic rings. The number of likely N-dealkylation sites (tertiary alicyclic amines) is 1. The van der Waals surface area contributed by atoms with Crippen LogP contribution in [-0.4, -0.2) is 36.6 Å². The van der Waals surface area contributed by atoms with Crippen molar-refractivity contribution in [3.63, 3.8) is 0 Å². The smallest absolute Gasteiger partial charge is 0.0359 e. The lowest BCUT2D eigenvalue weighted by Gasteiger charge is -2.48. The van der Waals surface area contributed by atoms with Crippen LogP contribution >= 0.6 is 0 Å². The first-order chi connectivity index (χ1) is 7.62. The van der Waals surface area contributed by atoms with E-state index < -0.39 is 0 Å². The minimum absolute atomic E-state index is 0.374. The summed E-state index contributed by atoms with van der Waals surface area (Å²) in [5.41, 5.74) is 0.374. The highest BCUT2D eigenvalue weighted by Gasteiger charge is 2.42. The Morgan fingerprint density at radius 3 is 1.94 bits per heavy atom. The van der Waals surface area contributed by atoms with Crippen LogP contribution in [0, 0.1) is 5.92 Å². The van der Waals surface area contributed by atoms with Crippen molar-refractivity contribution in [3.05, 3.63) is 0 Å². The molecule has 1 heterocycles. The third-order valence-electron chi connectivity index (χ3n) is 4.52. The number of hydrogen-bond acceptors (Lipinski definition) is 2. The highest BCUT2D eigenvalue weighted by Crippen LogP contribution is 2.34. The number of nitrogens with one attached hydrogen (secondary N) is 1. The van der Waals surface area contributed by atoms with Crippen LogP contribution in [0.3, 0.4) is 0 Å². The van der Waals surface area contributed by atoms with Crippen LogP contribution in [0.4, 0.5) is 0 Å². The molecule has 0 saturated carbocycles. The molecule has 0 amide bonds. The van der Waals surface area contributed by atoms with Crippen molar-refractivity contribution in [2.75, 3.05) is 20.1 Å². The van der Waals surface area contributed by atoms with Crippen molar-refractivity contribution in [2.45, 2.75) is 65.0 Å². The van der Waals surface area contributed by atoms with Crippen LogP contribution in [0.15, 0.2) is 0 Å². The maximum atomic E-state index is 3.58. The molecule has 0 radical (unpaired) electrons. The molecule has 0 aliphatic carbocycles. The number of rotatable bonds is 6. The van der Waals surface area contributed by atoms with Crippen LogP contribution in [0.25, 0.3) is 0 Å². The Bertz CT molecular complexity index is 191. The van der Waals surface area contributed by atoms with Crippen LogP contribution in [0.2, 0.25) is 0 Å².